The second-order valence-electron chi connectivity index (χ2n) is 3.43. The molecule has 1 rings (SSSR count). The van der Waals surface area contributed by atoms with E-state index in [9.17, 15) is 4.79 Å². The molecule has 0 bridgehead atoms. The molecule has 1 amide bonds. The highest BCUT2D eigenvalue weighted by molar-refractivity contribution is 6.43. The van der Waals surface area contributed by atoms with Gasteiger partial charge in [0, 0.05) is 13.2 Å². The number of hydrogen-bond donors (Lipinski definition) is 1. The molecule has 0 saturated carbocycles. The molecule has 0 spiro atoms. The molecule has 0 aromatic heterocycles. The molecular formula is C11H13Cl2NO2. The topological polar surface area (TPSA) is 38.3 Å². The van der Waals surface area contributed by atoms with E-state index in [4.69, 9.17) is 27.9 Å². The first-order chi connectivity index (χ1) is 7.56. The predicted molar refractivity (Wildman–Crippen MR) is 65.3 cm³/mol. The number of nitrogens with one attached hydrogen (secondary N) is 1. The van der Waals surface area contributed by atoms with Crippen molar-refractivity contribution in [3.63, 3.8) is 0 Å². The third kappa shape index (κ3) is 3.37. The number of carbonyl (C=O) groups excluding carboxylic acids is 1. The van der Waals surface area contributed by atoms with Crippen LogP contribution in [0.15, 0.2) is 18.2 Å². The average Bonchev–Trinajstić information content (AvgIpc) is 2.22. The fraction of sp³-hybridized carbons (Fsp3) is 0.364. The lowest BCUT2D eigenvalue weighted by Crippen LogP contribution is -2.35. The molecule has 1 aromatic rings. The number of carbonyl (C=O) groups is 1. The van der Waals surface area contributed by atoms with Gasteiger partial charge in [-0.25, -0.2) is 0 Å². The first kappa shape index (κ1) is 13.3. The zero-order chi connectivity index (χ0) is 12.1. The third-order valence-electron chi connectivity index (χ3n) is 1.99. The molecule has 1 aromatic carbocycles. The van der Waals surface area contributed by atoms with E-state index in [0.29, 0.717) is 17.2 Å². The van der Waals surface area contributed by atoms with E-state index in [1.165, 1.54) is 0 Å². The summed E-state index contributed by atoms with van der Waals surface area (Å²) in [5.41, 5.74) is 0.372. The van der Waals surface area contributed by atoms with Crippen molar-refractivity contribution in [3.8, 4) is 0 Å². The maximum absolute atomic E-state index is 11.8. The van der Waals surface area contributed by atoms with Crippen LogP contribution in [0.2, 0.25) is 10.0 Å². The van der Waals surface area contributed by atoms with E-state index in [1.54, 1.807) is 25.3 Å². The average molecular weight is 262 g/mol. The first-order valence-corrected chi connectivity index (χ1v) is 5.55. The fourth-order valence-corrected chi connectivity index (χ4v) is 1.66. The number of ether oxygens (including phenoxy) is 1. The second-order valence-corrected chi connectivity index (χ2v) is 4.22. The number of hydrogen-bond acceptors (Lipinski definition) is 2. The van der Waals surface area contributed by atoms with Gasteiger partial charge in [0.05, 0.1) is 22.2 Å². The van der Waals surface area contributed by atoms with Crippen molar-refractivity contribution in [2.24, 2.45) is 0 Å². The van der Waals surface area contributed by atoms with Crippen molar-refractivity contribution in [1.82, 2.24) is 5.32 Å². The van der Waals surface area contributed by atoms with Crippen LogP contribution < -0.4 is 5.32 Å². The molecule has 3 nitrogen and oxygen atoms in total. The number of rotatable bonds is 4. The maximum Gasteiger partial charge on any atom is 0.253 e. The lowest BCUT2D eigenvalue weighted by Gasteiger charge is -2.13. The minimum Gasteiger partial charge on any atom is -0.383 e. The molecule has 1 unspecified atom stereocenters. The Morgan fingerprint density at radius 2 is 2.19 bits per heavy atom. The Morgan fingerprint density at radius 1 is 1.50 bits per heavy atom. The van der Waals surface area contributed by atoms with Crippen LogP contribution in [-0.2, 0) is 4.74 Å². The van der Waals surface area contributed by atoms with Gasteiger partial charge in [-0.05, 0) is 19.1 Å². The van der Waals surface area contributed by atoms with Gasteiger partial charge in [0.2, 0.25) is 0 Å². The Bertz CT molecular complexity index is 382. The minimum atomic E-state index is -0.253. The van der Waals surface area contributed by atoms with Crippen molar-refractivity contribution in [3.05, 3.63) is 33.8 Å². The van der Waals surface area contributed by atoms with Crippen molar-refractivity contribution in [2.45, 2.75) is 13.0 Å². The van der Waals surface area contributed by atoms with Crippen LogP contribution in [0.1, 0.15) is 17.3 Å². The monoisotopic (exact) mass is 261 g/mol. The highest BCUT2D eigenvalue weighted by atomic mass is 35.5. The van der Waals surface area contributed by atoms with E-state index in [2.05, 4.69) is 5.32 Å². The van der Waals surface area contributed by atoms with E-state index in [0.717, 1.165) is 0 Å². The van der Waals surface area contributed by atoms with Crippen molar-refractivity contribution in [1.29, 1.82) is 0 Å². The summed E-state index contributed by atoms with van der Waals surface area (Å²) in [7, 11) is 1.58. The molecular weight excluding hydrogens is 249 g/mol. The minimum absolute atomic E-state index is 0.0763. The van der Waals surface area contributed by atoms with Gasteiger partial charge in [0.1, 0.15) is 0 Å². The summed E-state index contributed by atoms with van der Waals surface area (Å²) in [5.74, 6) is -0.253. The molecule has 0 aliphatic rings. The number of methoxy groups -OCH3 is 1. The molecule has 0 fully saturated rings. The van der Waals surface area contributed by atoms with Gasteiger partial charge < -0.3 is 10.1 Å². The van der Waals surface area contributed by atoms with Crippen LogP contribution in [0, 0.1) is 0 Å². The normalized spacial score (nSPS) is 12.2. The SMILES string of the molecule is COCC(C)NC(=O)c1cccc(Cl)c1Cl. The van der Waals surface area contributed by atoms with Gasteiger partial charge in [-0.3, -0.25) is 4.79 Å². The summed E-state index contributed by atoms with van der Waals surface area (Å²) >= 11 is 11.7. The van der Waals surface area contributed by atoms with Crippen molar-refractivity contribution < 1.29 is 9.53 Å². The van der Waals surface area contributed by atoms with Crippen molar-refractivity contribution >= 4 is 29.1 Å². The van der Waals surface area contributed by atoms with Crippen LogP contribution in [0.5, 0.6) is 0 Å². The lowest BCUT2D eigenvalue weighted by atomic mass is 10.2. The molecule has 1 N–H and O–H groups in total. The molecule has 0 aliphatic heterocycles. The second kappa shape index (κ2) is 6.09. The lowest BCUT2D eigenvalue weighted by molar-refractivity contribution is 0.0905. The standard InChI is InChI=1S/C11H13Cl2NO2/c1-7(6-16-2)14-11(15)8-4-3-5-9(12)10(8)13/h3-5,7H,6H2,1-2H3,(H,14,15). The zero-order valence-electron chi connectivity index (χ0n) is 9.09. The van der Waals surface area contributed by atoms with Crippen LogP contribution in [0.25, 0.3) is 0 Å². The summed E-state index contributed by atoms with van der Waals surface area (Å²) in [4.78, 5) is 11.8. The Kier molecular flexibility index (Phi) is 5.06. The Labute approximate surface area is 105 Å². The predicted octanol–water partition coefficient (Wildman–Crippen LogP) is 2.76. The van der Waals surface area contributed by atoms with Gasteiger partial charge >= 0.3 is 0 Å². The Balaban J connectivity index is 2.77. The summed E-state index contributed by atoms with van der Waals surface area (Å²) in [5, 5.41) is 3.40. The largest absolute Gasteiger partial charge is 0.383 e. The summed E-state index contributed by atoms with van der Waals surface area (Å²) in [6.07, 6.45) is 0. The molecule has 0 saturated heterocycles. The first-order valence-electron chi connectivity index (χ1n) is 4.80. The molecule has 16 heavy (non-hydrogen) atoms. The van der Waals surface area contributed by atoms with Crippen LogP contribution in [0.3, 0.4) is 0 Å². The Hall–Kier alpha value is -0.770. The summed E-state index contributed by atoms with van der Waals surface area (Å²) in [6.45, 7) is 2.30. The van der Waals surface area contributed by atoms with Crippen LogP contribution in [0.4, 0.5) is 0 Å². The van der Waals surface area contributed by atoms with Crippen LogP contribution in [-0.4, -0.2) is 25.7 Å². The Morgan fingerprint density at radius 3 is 2.81 bits per heavy atom. The fourth-order valence-electron chi connectivity index (χ4n) is 1.27. The van der Waals surface area contributed by atoms with Gasteiger partial charge in [0.25, 0.3) is 5.91 Å². The summed E-state index contributed by atoms with van der Waals surface area (Å²) in [6, 6.07) is 4.87. The molecule has 88 valence electrons. The van der Waals surface area contributed by atoms with Gasteiger partial charge in [-0.15, -0.1) is 0 Å². The van der Waals surface area contributed by atoms with Gasteiger partial charge in [0.15, 0.2) is 0 Å². The molecule has 1 atom stereocenters. The molecule has 0 radical (unpaired) electrons. The molecule has 0 aliphatic carbocycles. The smallest absolute Gasteiger partial charge is 0.253 e. The maximum atomic E-state index is 11.8. The highest BCUT2D eigenvalue weighted by Gasteiger charge is 2.14. The van der Waals surface area contributed by atoms with E-state index in [-0.39, 0.29) is 17.0 Å². The van der Waals surface area contributed by atoms with Crippen molar-refractivity contribution in [2.75, 3.05) is 13.7 Å². The number of amides is 1. The van der Waals surface area contributed by atoms with E-state index >= 15 is 0 Å². The van der Waals surface area contributed by atoms with Gasteiger partial charge in [-0.1, -0.05) is 29.3 Å². The quantitative estimate of drug-likeness (QED) is 0.906. The number of benzene rings is 1. The van der Waals surface area contributed by atoms with E-state index < -0.39 is 0 Å². The molecule has 5 heteroatoms. The third-order valence-corrected chi connectivity index (χ3v) is 2.81. The van der Waals surface area contributed by atoms with E-state index in [1.807, 2.05) is 6.92 Å². The summed E-state index contributed by atoms with van der Waals surface area (Å²) < 4.78 is 4.92. The zero-order valence-corrected chi connectivity index (χ0v) is 10.6. The van der Waals surface area contributed by atoms with Gasteiger partial charge in [-0.2, -0.15) is 0 Å². The molecule has 0 heterocycles. The highest BCUT2D eigenvalue weighted by Crippen LogP contribution is 2.25. The number of halogens is 2. The van der Waals surface area contributed by atoms with Crippen LogP contribution >= 0.6 is 23.2 Å².